The molecule has 0 aromatic carbocycles. The van der Waals surface area contributed by atoms with Crippen LogP contribution >= 0.6 is 0 Å². The molecule has 0 N–H and O–H groups in total. The number of allylic oxidation sites excluding steroid dienone is 2. The average molecular weight is 162 g/mol. The van der Waals surface area contributed by atoms with Gasteiger partial charge in [-0.2, -0.15) is 0 Å². The fourth-order valence-electron chi connectivity index (χ4n) is 3.37. The van der Waals surface area contributed by atoms with Crippen LogP contribution in [0.15, 0.2) is 11.1 Å². The molecule has 2 atom stereocenters. The molecule has 0 bridgehead atoms. The van der Waals surface area contributed by atoms with E-state index in [2.05, 4.69) is 0 Å². The number of rotatable bonds is 0. The molecule has 3 aliphatic carbocycles. The first kappa shape index (κ1) is 6.88. The van der Waals surface area contributed by atoms with Crippen LogP contribution in [0.5, 0.6) is 0 Å². The standard InChI is InChI=1S/C11H14O/c12-10-6-8-5-4-7-2-1-3-9(10)11(7)8/h7-8H,1-6H2. The van der Waals surface area contributed by atoms with Crippen molar-refractivity contribution < 1.29 is 4.79 Å². The fraction of sp³-hybridized carbons (Fsp3) is 0.727. The summed E-state index contributed by atoms with van der Waals surface area (Å²) in [5.41, 5.74) is 2.86. The molecule has 2 unspecified atom stereocenters. The molecule has 0 aromatic rings. The largest absolute Gasteiger partial charge is 0.295 e. The minimum Gasteiger partial charge on any atom is -0.295 e. The summed E-state index contributed by atoms with van der Waals surface area (Å²) < 4.78 is 0. The van der Waals surface area contributed by atoms with Crippen molar-refractivity contribution in [2.24, 2.45) is 11.8 Å². The summed E-state index contributed by atoms with van der Waals surface area (Å²) in [6.45, 7) is 0. The van der Waals surface area contributed by atoms with Gasteiger partial charge in [-0.05, 0) is 49.5 Å². The zero-order valence-electron chi connectivity index (χ0n) is 7.31. The summed E-state index contributed by atoms with van der Waals surface area (Å²) in [7, 11) is 0. The van der Waals surface area contributed by atoms with Gasteiger partial charge in [0.1, 0.15) is 0 Å². The van der Waals surface area contributed by atoms with Crippen molar-refractivity contribution in [2.45, 2.75) is 38.5 Å². The van der Waals surface area contributed by atoms with Gasteiger partial charge in [0.2, 0.25) is 0 Å². The highest BCUT2D eigenvalue weighted by atomic mass is 16.1. The third kappa shape index (κ3) is 0.720. The highest BCUT2D eigenvalue weighted by Crippen LogP contribution is 2.50. The Morgan fingerprint density at radius 3 is 2.83 bits per heavy atom. The first-order valence-electron chi connectivity index (χ1n) is 5.12. The number of hydrogen-bond acceptors (Lipinski definition) is 1. The van der Waals surface area contributed by atoms with Crippen molar-refractivity contribution in [1.82, 2.24) is 0 Å². The van der Waals surface area contributed by atoms with E-state index in [0.717, 1.165) is 18.8 Å². The van der Waals surface area contributed by atoms with E-state index >= 15 is 0 Å². The van der Waals surface area contributed by atoms with Gasteiger partial charge in [0.15, 0.2) is 5.78 Å². The second-order valence-electron chi connectivity index (χ2n) is 4.42. The molecule has 0 aromatic heterocycles. The van der Waals surface area contributed by atoms with Crippen LogP contribution in [0, 0.1) is 11.8 Å². The number of Topliss-reactive ketones (excluding diaryl/α,β-unsaturated/α-hetero) is 1. The molecule has 64 valence electrons. The number of carbonyl (C=O) groups is 1. The molecule has 0 amide bonds. The molecule has 0 radical (unpaired) electrons. The second kappa shape index (κ2) is 2.21. The van der Waals surface area contributed by atoms with Crippen molar-refractivity contribution in [3.63, 3.8) is 0 Å². The van der Waals surface area contributed by atoms with Crippen molar-refractivity contribution in [1.29, 1.82) is 0 Å². The van der Waals surface area contributed by atoms with Crippen LogP contribution in [0.4, 0.5) is 0 Å². The van der Waals surface area contributed by atoms with Crippen molar-refractivity contribution in [2.75, 3.05) is 0 Å². The molecule has 12 heavy (non-hydrogen) atoms. The molecular weight excluding hydrogens is 148 g/mol. The quantitative estimate of drug-likeness (QED) is 0.534. The maximum Gasteiger partial charge on any atom is 0.159 e. The Morgan fingerprint density at radius 2 is 1.92 bits per heavy atom. The zero-order valence-corrected chi connectivity index (χ0v) is 7.31. The number of ketones is 1. The molecule has 3 rings (SSSR count). The van der Waals surface area contributed by atoms with E-state index in [-0.39, 0.29) is 0 Å². The van der Waals surface area contributed by atoms with Crippen LogP contribution in [0.2, 0.25) is 0 Å². The van der Waals surface area contributed by atoms with Gasteiger partial charge in [-0.1, -0.05) is 5.57 Å². The van der Waals surface area contributed by atoms with Gasteiger partial charge in [-0.15, -0.1) is 0 Å². The lowest BCUT2D eigenvalue weighted by Gasteiger charge is -2.19. The van der Waals surface area contributed by atoms with E-state index in [4.69, 9.17) is 0 Å². The summed E-state index contributed by atoms with van der Waals surface area (Å²) in [6, 6.07) is 0. The zero-order chi connectivity index (χ0) is 8.13. The van der Waals surface area contributed by atoms with Crippen LogP contribution < -0.4 is 0 Å². The minimum absolute atomic E-state index is 0.486. The Bertz CT molecular complexity index is 275. The van der Waals surface area contributed by atoms with Gasteiger partial charge < -0.3 is 0 Å². The number of carbonyl (C=O) groups excluding carboxylic acids is 1. The van der Waals surface area contributed by atoms with Crippen molar-refractivity contribution in [3.05, 3.63) is 11.1 Å². The van der Waals surface area contributed by atoms with E-state index in [9.17, 15) is 4.79 Å². The van der Waals surface area contributed by atoms with Gasteiger partial charge in [-0.3, -0.25) is 4.79 Å². The Labute approximate surface area is 72.8 Å². The van der Waals surface area contributed by atoms with E-state index in [1.807, 2.05) is 0 Å². The molecule has 0 spiro atoms. The van der Waals surface area contributed by atoms with Crippen LogP contribution in [0.3, 0.4) is 0 Å². The van der Waals surface area contributed by atoms with Gasteiger partial charge in [-0.25, -0.2) is 0 Å². The normalized spacial score (nSPS) is 39.2. The Morgan fingerprint density at radius 1 is 1.08 bits per heavy atom. The topological polar surface area (TPSA) is 17.1 Å². The third-order valence-electron chi connectivity index (χ3n) is 3.84. The molecule has 1 heteroatoms. The summed E-state index contributed by atoms with van der Waals surface area (Å²) >= 11 is 0. The van der Waals surface area contributed by atoms with Gasteiger partial charge in [0.25, 0.3) is 0 Å². The van der Waals surface area contributed by atoms with E-state index in [0.29, 0.717) is 11.7 Å². The first-order chi connectivity index (χ1) is 5.86. The van der Waals surface area contributed by atoms with Crippen molar-refractivity contribution >= 4 is 5.78 Å². The molecule has 1 nitrogen and oxygen atoms in total. The third-order valence-corrected chi connectivity index (χ3v) is 3.84. The van der Waals surface area contributed by atoms with E-state index in [1.165, 1.54) is 31.3 Å². The summed E-state index contributed by atoms with van der Waals surface area (Å²) in [5, 5.41) is 0. The predicted octanol–water partition coefficient (Wildman–Crippen LogP) is 2.47. The Hall–Kier alpha value is -0.590. The smallest absolute Gasteiger partial charge is 0.159 e. The molecular formula is C11H14O. The average Bonchev–Trinajstić information content (AvgIpc) is 2.61. The molecule has 0 heterocycles. The lowest BCUT2D eigenvalue weighted by molar-refractivity contribution is -0.115. The van der Waals surface area contributed by atoms with Crippen LogP contribution in [-0.4, -0.2) is 5.78 Å². The molecule has 0 aliphatic heterocycles. The molecule has 0 saturated heterocycles. The van der Waals surface area contributed by atoms with E-state index < -0.39 is 0 Å². The lowest BCUT2D eigenvalue weighted by Crippen LogP contribution is -2.08. The SMILES string of the molecule is O=C1CC2CCC3CCCC1=C32. The highest BCUT2D eigenvalue weighted by Gasteiger charge is 2.41. The highest BCUT2D eigenvalue weighted by molar-refractivity contribution is 5.99. The Balaban J connectivity index is 2.10. The maximum absolute atomic E-state index is 11.5. The maximum atomic E-state index is 11.5. The minimum atomic E-state index is 0.486. The summed E-state index contributed by atoms with van der Waals surface area (Å²) in [4.78, 5) is 11.5. The molecule has 1 fully saturated rings. The fourth-order valence-corrected chi connectivity index (χ4v) is 3.37. The number of hydrogen-bond donors (Lipinski definition) is 0. The molecule has 1 saturated carbocycles. The Kier molecular flexibility index (Phi) is 1.27. The first-order valence-corrected chi connectivity index (χ1v) is 5.12. The van der Waals surface area contributed by atoms with Crippen LogP contribution in [-0.2, 0) is 4.79 Å². The van der Waals surface area contributed by atoms with Gasteiger partial charge in [0.05, 0.1) is 0 Å². The lowest BCUT2D eigenvalue weighted by atomic mass is 9.85. The predicted molar refractivity (Wildman–Crippen MR) is 46.7 cm³/mol. The van der Waals surface area contributed by atoms with E-state index in [1.54, 1.807) is 5.57 Å². The van der Waals surface area contributed by atoms with Gasteiger partial charge in [0, 0.05) is 6.42 Å². The van der Waals surface area contributed by atoms with Gasteiger partial charge >= 0.3 is 0 Å². The van der Waals surface area contributed by atoms with Crippen LogP contribution in [0.1, 0.15) is 38.5 Å². The summed E-state index contributed by atoms with van der Waals surface area (Å²) in [6.07, 6.45) is 7.26. The summed E-state index contributed by atoms with van der Waals surface area (Å²) in [5.74, 6) is 2.00. The van der Waals surface area contributed by atoms with Crippen molar-refractivity contribution in [3.8, 4) is 0 Å². The second-order valence-corrected chi connectivity index (χ2v) is 4.42. The molecule has 3 aliphatic rings. The monoisotopic (exact) mass is 162 g/mol. The van der Waals surface area contributed by atoms with Crippen LogP contribution in [0.25, 0.3) is 0 Å².